The number of likely N-dealkylation sites (N-methyl/N-ethyl adjacent to an activating group) is 1. The molecule has 0 N–H and O–H groups in total. The highest BCUT2D eigenvalue weighted by Crippen LogP contribution is 2.20. The number of likely N-dealkylation sites (tertiary alicyclic amines) is 1. The molecule has 1 aliphatic heterocycles. The highest BCUT2D eigenvalue weighted by molar-refractivity contribution is 5.79. The Hall–Kier alpha value is -2.40. The summed E-state index contributed by atoms with van der Waals surface area (Å²) in [5.74, 6) is 1.03. The second-order valence-electron chi connectivity index (χ2n) is 6.53. The molecule has 5 nitrogen and oxygen atoms in total. The van der Waals surface area contributed by atoms with Crippen LogP contribution in [0.4, 0.5) is 0 Å². The first kappa shape index (κ1) is 17.4. The van der Waals surface area contributed by atoms with Crippen molar-refractivity contribution in [2.24, 2.45) is 0 Å². The molecule has 0 spiro atoms. The Kier molecular flexibility index (Phi) is 5.66. The molecule has 0 aliphatic carbocycles. The van der Waals surface area contributed by atoms with E-state index in [1.165, 1.54) is 5.56 Å². The predicted octanol–water partition coefficient (Wildman–Crippen LogP) is 2.37. The van der Waals surface area contributed by atoms with E-state index >= 15 is 0 Å². The molecule has 0 radical (unpaired) electrons. The van der Waals surface area contributed by atoms with Crippen molar-refractivity contribution in [2.75, 3.05) is 26.7 Å². The van der Waals surface area contributed by atoms with Crippen molar-refractivity contribution < 1.29 is 9.53 Å². The van der Waals surface area contributed by atoms with Crippen LogP contribution in [0, 0.1) is 0 Å². The van der Waals surface area contributed by atoms with Gasteiger partial charge in [0.25, 0.3) is 0 Å². The lowest BCUT2D eigenvalue weighted by atomic mass is 10.1. The van der Waals surface area contributed by atoms with Crippen molar-refractivity contribution in [1.29, 1.82) is 0 Å². The lowest BCUT2D eigenvalue weighted by Crippen LogP contribution is -2.57. The maximum atomic E-state index is 12.3. The molecule has 1 fully saturated rings. The third kappa shape index (κ3) is 4.79. The van der Waals surface area contributed by atoms with Crippen LogP contribution in [-0.4, -0.2) is 53.5 Å². The summed E-state index contributed by atoms with van der Waals surface area (Å²) in [6.07, 6.45) is 2.86. The topological polar surface area (TPSA) is 45.7 Å². The van der Waals surface area contributed by atoms with Crippen molar-refractivity contribution >= 4 is 5.91 Å². The van der Waals surface area contributed by atoms with Crippen LogP contribution in [0.5, 0.6) is 5.75 Å². The first-order valence-electron chi connectivity index (χ1n) is 8.76. The molecule has 1 saturated heterocycles. The maximum absolute atomic E-state index is 12.3. The Morgan fingerprint density at radius 1 is 1.28 bits per heavy atom. The number of carbonyl (C=O) groups is 1. The van der Waals surface area contributed by atoms with E-state index in [0.717, 1.165) is 17.9 Å². The van der Waals surface area contributed by atoms with E-state index in [9.17, 15) is 4.79 Å². The molecule has 1 aliphatic rings. The second-order valence-corrected chi connectivity index (χ2v) is 6.53. The Labute approximate surface area is 149 Å². The molecular formula is C20H25N3O2. The van der Waals surface area contributed by atoms with Gasteiger partial charge in [-0.3, -0.25) is 14.7 Å². The Balaban J connectivity index is 1.42. The van der Waals surface area contributed by atoms with Gasteiger partial charge in [-0.2, -0.15) is 0 Å². The molecule has 3 rings (SSSR count). The fourth-order valence-corrected chi connectivity index (χ4v) is 2.90. The maximum Gasteiger partial charge on any atom is 0.237 e. The number of hydrogen-bond donors (Lipinski definition) is 0. The van der Waals surface area contributed by atoms with Crippen molar-refractivity contribution in [3.63, 3.8) is 0 Å². The van der Waals surface area contributed by atoms with Gasteiger partial charge in [0.15, 0.2) is 0 Å². The van der Waals surface area contributed by atoms with E-state index in [1.54, 1.807) is 6.20 Å². The van der Waals surface area contributed by atoms with Gasteiger partial charge in [-0.25, -0.2) is 0 Å². The molecule has 132 valence electrons. The van der Waals surface area contributed by atoms with E-state index in [4.69, 9.17) is 4.74 Å². The third-order valence-electron chi connectivity index (χ3n) is 4.37. The number of rotatable bonds is 7. The fourth-order valence-electron chi connectivity index (χ4n) is 2.90. The summed E-state index contributed by atoms with van der Waals surface area (Å²) in [5, 5.41) is 0. The number of carbonyl (C=O) groups excluding carboxylic acids is 1. The largest absolute Gasteiger partial charge is 0.487 e. The average molecular weight is 339 g/mol. The van der Waals surface area contributed by atoms with Gasteiger partial charge in [0.2, 0.25) is 5.91 Å². The number of amides is 1. The van der Waals surface area contributed by atoms with Crippen LogP contribution in [0.3, 0.4) is 0 Å². The summed E-state index contributed by atoms with van der Waals surface area (Å²) in [6, 6.07) is 14.0. The molecule has 25 heavy (non-hydrogen) atoms. The quantitative estimate of drug-likeness (QED) is 0.777. The highest BCUT2D eigenvalue weighted by atomic mass is 16.5. The van der Waals surface area contributed by atoms with Gasteiger partial charge in [0.1, 0.15) is 11.9 Å². The van der Waals surface area contributed by atoms with Gasteiger partial charge in [-0.1, -0.05) is 25.1 Å². The molecule has 5 heteroatoms. The van der Waals surface area contributed by atoms with Crippen molar-refractivity contribution in [2.45, 2.75) is 26.0 Å². The SMILES string of the molecule is CCc1cccc(OC2CN(C(=O)CN(C)Cc3ccccn3)C2)c1. The molecule has 0 bridgehead atoms. The Morgan fingerprint density at radius 3 is 2.84 bits per heavy atom. The van der Waals surface area contributed by atoms with Crippen LogP contribution in [0.25, 0.3) is 0 Å². The molecule has 1 aromatic carbocycles. The van der Waals surface area contributed by atoms with Crippen molar-refractivity contribution in [3.8, 4) is 5.75 Å². The zero-order valence-electron chi connectivity index (χ0n) is 14.9. The first-order chi connectivity index (χ1) is 12.1. The minimum Gasteiger partial charge on any atom is -0.487 e. The summed E-state index contributed by atoms with van der Waals surface area (Å²) in [5.41, 5.74) is 2.24. The molecule has 2 aromatic rings. The molecule has 1 aromatic heterocycles. The van der Waals surface area contributed by atoms with Crippen molar-refractivity contribution in [3.05, 3.63) is 59.9 Å². The van der Waals surface area contributed by atoms with E-state index in [2.05, 4.69) is 24.0 Å². The van der Waals surface area contributed by atoms with Crippen LogP contribution in [0.2, 0.25) is 0 Å². The third-order valence-corrected chi connectivity index (χ3v) is 4.37. The number of benzene rings is 1. The van der Waals surface area contributed by atoms with Gasteiger partial charge >= 0.3 is 0 Å². The number of ether oxygens (including phenoxy) is 1. The van der Waals surface area contributed by atoms with Crippen LogP contribution in [-0.2, 0) is 17.8 Å². The molecular weight excluding hydrogens is 314 g/mol. The van der Waals surface area contributed by atoms with Crippen LogP contribution in [0.1, 0.15) is 18.2 Å². The number of aryl methyl sites for hydroxylation is 1. The lowest BCUT2D eigenvalue weighted by molar-refractivity contribution is -0.141. The summed E-state index contributed by atoms with van der Waals surface area (Å²) in [4.78, 5) is 20.5. The van der Waals surface area contributed by atoms with E-state index in [-0.39, 0.29) is 12.0 Å². The zero-order chi connectivity index (χ0) is 17.6. The first-order valence-corrected chi connectivity index (χ1v) is 8.76. The fraction of sp³-hybridized carbons (Fsp3) is 0.400. The van der Waals surface area contributed by atoms with Gasteiger partial charge in [-0.05, 0) is 43.3 Å². The summed E-state index contributed by atoms with van der Waals surface area (Å²) < 4.78 is 5.96. The minimum absolute atomic E-state index is 0.0946. The number of aromatic nitrogens is 1. The van der Waals surface area contributed by atoms with Gasteiger partial charge in [0.05, 0.1) is 25.3 Å². The van der Waals surface area contributed by atoms with E-state index in [1.807, 2.05) is 47.2 Å². The van der Waals surface area contributed by atoms with Gasteiger partial charge in [-0.15, -0.1) is 0 Å². The Morgan fingerprint density at radius 2 is 2.12 bits per heavy atom. The summed E-state index contributed by atoms with van der Waals surface area (Å²) in [6.45, 7) is 4.52. The molecule has 2 heterocycles. The van der Waals surface area contributed by atoms with Crippen LogP contribution < -0.4 is 4.74 Å². The second kappa shape index (κ2) is 8.12. The van der Waals surface area contributed by atoms with Gasteiger partial charge in [0, 0.05) is 12.7 Å². The summed E-state index contributed by atoms with van der Waals surface area (Å²) >= 11 is 0. The smallest absolute Gasteiger partial charge is 0.237 e. The van der Waals surface area contributed by atoms with Gasteiger partial charge < -0.3 is 9.64 Å². The normalized spacial score (nSPS) is 14.4. The van der Waals surface area contributed by atoms with Crippen LogP contribution >= 0.6 is 0 Å². The minimum atomic E-state index is 0.0946. The average Bonchev–Trinajstić information content (AvgIpc) is 2.58. The predicted molar refractivity (Wildman–Crippen MR) is 97.4 cm³/mol. The number of pyridine rings is 1. The number of nitrogens with zero attached hydrogens (tertiary/aromatic N) is 3. The van der Waals surface area contributed by atoms with E-state index in [0.29, 0.717) is 26.2 Å². The highest BCUT2D eigenvalue weighted by Gasteiger charge is 2.32. The molecule has 0 atom stereocenters. The monoisotopic (exact) mass is 339 g/mol. The lowest BCUT2D eigenvalue weighted by Gasteiger charge is -2.39. The number of hydrogen-bond acceptors (Lipinski definition) is 4. The van der Waals surface area contributed by atoms with Crippen molar-refractivity contribution in [1.82, 2.24) is 14.8 Å². The standard InChI is InChI=1S/C20H25N3O2/c1-3-16-7-6-9-18(11-16)25-19-13-23(14-19)20(24)15-22(2)12-17-8-4-5-10-21-17/h4-11,19H,3,12-15H2,1-2H3. The summed E-state index contributed by atoms with van der Waals surface area (Å²) in [7, 11) is 1.94. The zero-order valence-corrected chi connectivity index (χ0v) is 14.9. The van der Waals surface area contributed by atoms with E-state index < -0.39 is 0 Å². The Bertz CT molecular complexity index is 699. The van der Waals surface area contributed by atoms with Crippen LogP contribution in [0.15, 0.2) is 48.7 Å². The molecule has 1 amide bonds. The molecule has 0 unspecified atom stereocenters. The molecule has 0 saturated carbocycles.